The number of hydrogen-bond acceptors (Lipinski definition) is 5. The number of pyridine rings is 1. The number of aromatic nitrogens is 1. The number of rotatable bonds is 7. The van der Waals surface area contributed by atoms with Crippen LogP contribution in [0.3, 0.4) is 0 Å². The SMILES string of the molecule is CCC(NC(=O)c1cc(F)ccc1N(c1cccc2cccnc12)S(=O)[O-])c1ccc(C)o1. The van der Waals surface area contributed by atoms with Crippen LogP contribution < -0.4 is 9.62 Å². The standard InChI is InChI=1S/C24H22FN3O4S/c1-3-19(22-12-9-15(2)32-22)27-24(29)18-14-17(25)10-11-20(18)28(33(30)31)21-8-4-6-16-7-5-13-26-23(16)21/h4-14,19H,3H2,1-2H3,(H,27,29)(H,30,31)/p-1. The number of hydrogen-bond donors (Lipinski definition) is 1. The van der Waals surface area contributed by atoms with Crippen LogP contribution in [0.1, 0.15) is 41.3 Å². The number of halogens is 1. The zero-order valence-corrected chi connectivity index (χ0v) is 18.8. The van der Waals surface area contributed by atoms with Crippen molar-refractivity contribution in [2.24, 2.45) is 0 Å². The number of fused-ring (bicyclic) bond motifs is 1. The van der Waals surface area contributed by atoms with Gasteiger partial charge in [0.05, 0.1) is 39.8 Å². The van der Waals surface area contributed by atoms with E-state index < -0.39 is 29.0 Å². The lowest BCUT2D eigenvalue weighted by Gasteiger charge is -2.29. The maximum absolute atomic E-state index is 14.2. The lowest BCUT2D eigenvalue weighted by atomic mass is 10.1. The van der Waals surface area contributed by atoms with Crippen molar-refractivity contribution in [1.29, 1.82) is 0 Å². The average molecular weight is 467 g/mol. The van der Waals surface area contributed by atoms with Gasteiger partial charge in [0.25, 0.3) is 5.91 Å². The molecular formula is C24H21FN3O4S-. The fourth-order valence-corrected chi connectivity index (χ4v) is 4.29. The van der Waals surface area contributed by atoms with E-state index in [1.54, 1.807) is 55.6 Å². The summed E-state index contributed by atoms with van der Waals surface area (Å²) in [5.41, 5.74) is 0.549. The third-order valence-corrected chi connectivity index (χ3v) is 5.91. The highest BCUT2D eigenvalue weighted by atomic mass is 32.2. The number of amides is 1. The van der Waals surface area contributed by atoms with E-state index in [1.807, 2.05) is 6.92 Å². The minimum atomic E-state index is -2.82. The molecule has 0 aliphatic heterocycles. The van der Waals surface area contributed by atoms with Gasteiger partial charge in [-0.2, -0.15) is 0 Å². The fourth-order valence-electron chi connectivity index (χ4n) is 3.66. The lowest BCUT2D eigenvalue weighted by molar-refractivity contribution is 0.0930. The molecule has 33 heavy (non-hydrogen) atoms. The maximum Gasteiger partial charge on any atom is 0.254 e. The molecule has 2 unspecified atom stereocenters. The number of nitrogens with zero attached hydrogens (tertiary/aromatic N) is 2. The predicted octanol–water partition coefficient (Wildman–Crippen LogP) is 5.09. The van der Waals surface area contributed by atoms with Crippen LogP contribution in [0.5, 0.6) is 0 Å². The molecule has 0 saturated heterocycles. The van der Waals surface area contributed by atoms with Crippen molar-refractivity contribution in [2.45, 2.75) is 26.3 Å². The number of aryl methyl sites for hydroxylation is 1. The topological polar surface area (TPSA) is 98.5 Å². The van der Waals surface area contributed by atoms with Crippen LogP contribution in [0.2, 0.25) is 0 Å². The molecule has 4 rings (SSSR count). The van der Waals surface area contributed by atoms with E-state index in [0.29, 0.717) is 23.5 Å². The molecular weight excluding hydrogens is 445 g/mol. The molecule has 4 aromatic rings. The van der Waals surface area contributed by atoms with Gasteiger partial charge in [-0.3, -0.25) is 18.3 Å². The summed E-state index contributed by atoms with van der Waals surface area (Å²) in [6, 6.07) is 15.1. The highest BCUT2D eigenvalue weighted by Gasteiger charge is 2.24. The molecule has 0 spiro atoms. The lowest BCUT2D eigenvalue weighted by Crippen LogP contribution is -2.30. The van der Waals surface area contributed by atoms with Crippen LogP contribution in [-0.4, -0.2) is 19.7 Å². The molecule has 0 bridgehead atoms. The van der Waals surface area contributed by atoms with E-state index in [0.717, 1.165) is 21.8 Å². The second kappa shape index (κ2) is 9.51. The van der Waals surface area contributed by atoms with E-state index in [1.165, 1.54) is 6.07 Å². The van der Waals surface area contributed by atoms with Gasteiger partial charge in [-0.25, -0.2) is 4.39 Å². The maximum atomic E-state index is 14.2. The Morgan fingerprint density at radius 3 is 2.67 bits per heavy atom. The van der Waals surface area contributed by atoms with Gasteiger partial charge in [-0.05, 0) is 55.8 Å². The van der Waals surface area contributed by atoms with Gasteiger partial charge in [-0.1, -0.05) is 25.1 Å². The molecule has 9 heteroatoms. The number of furan rings is 1. The first kappa shape index (κ1) is 22.6. The molecule has 0 saturated carbocycles. The van der Waals surface area contributed by atoms with Gasteiger partial charge in [0, 0.05) is 11.6 Å². The van der Waals surface area contributed by atoms with Gasteiger partial charge in [-0.15, -0.1) is 0 Å². The van der Waals surface area contributed by atoms with Gasteiger partial charge in [0.1, 0.15) is 17.3 Å². The fraction of sp³-hybridized carbons (Fsp3) is 0.167. The Kier molecular flexibility index (Phi) is 6.52. The first-order valence-electron chi connectivity index (χ1n) is 10.3. The Morgan fingerprint density at radius 2 is 1.97 bits per heavy atom. The molecule has 2 heterocycles. The van der Waals surface area contributed by atoms with Crippen molar-refractivity contribution in [3.05, 3.63) is 89.8 Å². The monoisotopic (exact) mass is 466 g/mol. The summed E-state index contributed by atoms with van der Waals surface area (Å²) >= 11 is -2.82. The summed E-state index contributed by atoms with van der Waals surface area (Å²) in [4.78, 5) is 17.5. The first-order chi connectivity index (χ1) is 15.9. The third-order valence-electron chi connectivity index (χ3n) is 5.22. The predicted molar refractivity (Wildman–Crippen MR) is 123 cm³/mol. The van der Waals surface area contributed by atoms with E-state index in [-0.39, 0.29) is 16.9 Å². The largest absolute Gasteiger partial charge is 0.755 e. The van der Waals surface area contributed by atoms with Crippen LogP contribution in [0.25, 0.3) is 10.9 Å². The zero-order valence-electron chi connectivity index (χ0n) is 17.9. The molecule has 1 N–H and O–H groups in total. The smallest absolute Gasteiger partial charge is 0.254 e. The minimum Gasteiger partial charge on any atom is -0.755 e. The molecule has 7 nitrogen and oxygen atoms in total. The molecule has 2 aromatic carbocycles. The Morgan fingerprint density at radius 1 is 1.18 bits per heavy atom. The summed E-state index contributed by atoms with van der Waals surface area (Å²) in [6.07, 6.45) is 2.07. The molecule has 0 fully saturated rings. The molecule has 2 aromatic heterocycles. The molecule has 2 atom stereocenters. The van der Waals surface area contributed by atoms with Crippen molar-refractivity contribution in [3.8, 4) is 0 Å². The van der Waals surface area contributed by atoms with Crippen LogP contribution in [0, 0.1) is 12.7 Å². The van der Waals surface area contributed by atoms with Crippen LogP contribution in [-0.2, 0) is 11.3 Å². The summed E-state index contributed by atoms with van der Waals surface area (Å²) in [5, 5.41) is 3.54. The Balaban J connectivity index is 1.79. The minimum absolute atomic E-state index is 0.00543. The molecule has 170 valence electrons. The quantitative estimate of drug-likeness (QED) is 0.383. The summed E-state index contributed by atoms with van der Waals surface area (Å²) in [6.45, 7) is 3.67. The number of para-hydroxylation sites is 1. The average Bonchev–Trinajstić information content (AvgIpc) is 3.24. The van der Waals surface area contributed by atoms with Crippen molar-refractivity contribution in [1.82, 2.24) is 10.3 Å². The highest BCUT2D eigenvalue weighted by molar-refractivity contribution is 7.81. The van der Waals surface area contributed by atoms with Gasteiger partial charge in [0.2, 0.25) is 0 Å². The van der Waals surface area contributed by atoms with E-state index in [2.05, 4.69) is 10.3 Å². The van der Waals surface area contributed by atoms with Crippen LogP contribution >= 0.6 is 0 Å². The van der Waals surface area contributed by atoms with Crippen molar-refractivity contribution < 1.29 is 22.4 Å². The van der Waals surface area contributed by atoms with Gasteiger partial charge >= 0.3 is 0 Å². The van der Waals surface area contributed by atoms with Crippen LogP contribution in [0.4, 0.5) is 15.8 Å². The van der Waals surface area contributed by atoms with E-state index >= 15 is 0 Å². The Hall–Kier alpha value is -3.56. The second-order valence-corrected chi connectivity index (χ2v) is 8.21. The summed E-state index contributed by atoms with van der Waals surface area (Å²) < 4.78 is 45.5. The van der Waals surface area contributed by atoms with Crippen LogP contribution in [0.15, 0.2) is 71.3 Å². The molecule has 0 aliphatic rings. The van der Waals surface area contributed by atoms with E-state index in [9.17, 15) is 17.9 Å². The third kappa shape index (κ3) is 4.64. The first-order valence-corrected chi connectivity index (χ1v) is 11.3. The summed E-state index contributed by atoms with van der Waals surface area (Å²) in [5.74, 6) is -0.0446. The molecule has 0 radical (unpaired) electrons. The van der Waals surface area contributed by atoms with Gasteiger partial charge in [0.15, 0.2) is 0 Å². The number of nitrogens with one attached hydrogen (secondary N) is 1. The molecule has 0 aliphatic carbocycles. The van der Waals surface area contributed by atoms with Crippen molar-refractivity contribution in [2.75, 3.05) is 4.31 Å². The van der Waals surface area contributed by atoms with Crippen molar-refractivity contribution >= 4 is 39.5 Å². The number of benzene rings is 2. The van der Waals surface area contributed by atoms with E-state index in [4.69, 9.17) is 4.42 Å². The number of carbonyl (C=O) groups excluding carboxylic acids is 1. The van der Waals surface area contributed by atoms with Gasteiger partial charge < -0.3 is 14.3 Å². The van der Waals surface area contributed by atoms with Crippen molar-refractivity contribution in [3.63, 3.8) is 0 Å². The highest BCUT2D eigenvalue weighted by Crippen LogP contribution is 2.35. The molecule has 1 amide bonds. The summed E-state index contributed by atoms with van der Waals surface area (Å²) in [7, 11) is 0. The second-order valence-electron chi connectivity index (χ2n) is 7.41. The normalized spacial score (nSPS) is 13.0. The Labute approximate surface area is 192 Å². The number of carbonyl (C=O) groups is 1. The zero-order chi connectivity index (χ0) is 23.5. The number of anilines is 2. The Bertz CT molecular complexity index is 1340.